The first kappa shape index (κ1) is 57.3. The van der Waals surface area contributed by atoms with Crippen LogP contribution < -0.4 is 25.6 Å². The van der Waals surface area contributed by atoms with Gasteiger partial charge in [0.1, 0.15) is 17.8 Å². The van der Waals surface area contributed by atoms with Crippen LogP contribution in [-0.4, -0.2) is 122 Å². The largest absolute Gasteiger partial charge is 0.494 e. The maximum absolute atomic E-state index is 14.2. The fourth-order valence-corrected chi connectivity index (χ4v) is 14.2. The Hall–Kier alpha value is -7.54. The van der Waals surface area contributed by atoms with Gasteiger partial charge in [-0.3, -0.25) is 24.5 Å². The molecule has 3 fully saturated rings. The number of benzene rings is 4. The fraction of sp³-hybridized carbons (Fsp3) is 0.397. The lowest BCUT2D eigenvalue weighted by molar-refractivity contribution is -0.145. The van der Waals surface area contributed by atoms with Crippen LogP contribution in [0.15, 0.2) is 96.5 Å². The van der Waals surface area contributed by atoms with Crippen LogP contribution in [0.2, 0.25) is 0 Å². The summed E-state index contributed by atoms with van der Waals surface area (Å²) in [7, 11) is 0. The van der Waals surface area contributed by atoms with Crippen molar-refractivity contribution in [3.8, 4) is 28.0 Å². The lowest BCUT2D eigenvalue weighted by atomic mass is 9.73. The van der Waals surface area contributed by atoms with Crippen LogP contribution in [0, 0.1) is 41.9 Å². The molecular formula is C63H67N9O8S3. The minimum Gasteiger partial charge on any atom is -0.494 e. The highest BCUT2D eigenvalue weighted by atomic mass is 32.1. The third-order valence-corrected chi connectivity index (χ3v) is 19.2. The van der Waals surface area contributed by atoms with Crippen LogP contribution in [0.4, 0.5) is 10.3 Å². The Morgan fingerprint density at radius 3 is 2.41 bits per heavy atom. The normalized spacial score (nSPS) is 19.2. The molecule has 0 radical (unpaired) electrons. The summed E-state index contributed by atoms with van der Waals surface area (Å²) in [6.07, 6.45) is 2.52. The molecule has 4 aromatic carbocycles. The second-order valence-corrected chi connectivity index (χ2v) is 26.2. The van der Waals surface area contributed by atoms with E-state index in [4.69, 9.17) is 4.74 Å². The van der Waals surface area contributed by atoms with Crippen molar-refractivity contribution in [3.63, 3.8) is 0 Å². The Morgan fingerprint density at radius 1 is 0.892 bits per heavy atom. The molecule has 4 amide bonds. The van der Waals surface area contributed by atoms with Gasteiger partial charge in [-0.25, -0.2) is 19.7 Å². The number of para-hydroxylation sites is 1. The first-order chi connectivity index (χ1) is 40.0. The van der Waals surface area contributed by atoms with E-state index < -0.39 is 29.6 Å². The molecule has 430 valence electrons. The molecule has 3 atom stereocenters. The fourth-order valence-electron chi connectivity index (χ4n) is 11.4. The summed E-state index contributed by atoms with van der Waals surface area (Å²) in [5, 5.41) is 31.0. The van der Waals surface area contributed by atoms with Crippen molar-refractivity contribution in [3.05, 3.63) is 141 Å². The number of hydrogen-bond donors (Lipinski definition) is 5. The predicted octanol–water partition coefficient (Wildman–Crippen LogP) is 8.83. The predicted molar refractivity (Wildman–Crippen MR) is 323 cm³/mol. The van der Waals surface area contributed by atoms with Crippen LogP contribution >= 0.6 is 34.0 Å². The molecule has 83 heavy (non-hydrogen) atoms. The zero-order valence-corrected chi connectivity index (χ0v) is 49.3. The molecule has 5 N–H and O–H groups in total. The van der Waals surface area contributed by atoms with Gasteiger partial charge in [0.15, 0.2) is 16.0 Å². The van der Waals surface area contributed by atoms with Gasteiger partial charge < -0.3 is 40.3 Å². The second-order valence-electron chi connectivity index (χ2n) is 23.2. The number of aliphatic hydroxyl groups excluding tert-OH is 1. The van der Waals surface area contributed by atoms with Crippen molar-refractivity contribution in [2.24, 2.45) is 23.2 Å². The van der Waals surface area contributed by atoms with Crippen molar-refractivity contribution in [1.29, 1.82) is 0 Å². The number of hydrogen-bond acceptors (Lipinski definition) is 15. The molecule has 20 heteroatoms. The molecule has 2 saturated heterocycles. The number of aliphatic hydroxyl groups is 1. The molecule has 3 aromatic heterocycles. The van der Waals surface area contributed by atoms with Crippen LogP contribution in [0.3, 0.4) is 0 Å². The number of carbonyl (C=O) groups excluding carboxylic acids is 4. The summed E-state index contributed by atoms with van der Waals surface area (Å²) in [6.45, 7) is 12.1. The number of carboxylic acids is 1. The number of β-amino-alcohol motifs (C(OH)–C–C–N with tert-alkyl or cyclic N) is 1. The third kappa shape index (κ3) is 13.3. The van der Waals surface area contributed by atoms with Crippen molar-refractivity contribution >= 4 is 84.1 Å². The van der Waals surface area contributed by atoms with E-state index >= 15 is 0 Å². The molecule has 3 aliphatic heterocycles. The van der Waals surface area contributed by atoms with Gasteiger partial charge in [-0.05, 0) is 115 Å². The summed E-state index contributed by atoms with van der Waals surface area (Å²) in [4.78, 5) is 88.6. The molecule has 6 heterocycles. The Balaban J connectivity index is 0.593. The van der Waals surface area contributed by atoms with E-state index in [1.165, 1.54) is 27.6 Å². The molecule has 1 saturated carbocycles. The average Bonchev–Trinajstić information content (AvgIpc) is 4.18. The van der Waals surface area contributed by atoms with Crippen molar-refractivity contribution in [2.45, 2.75) is 97.5 Å². The molecule has 7 aromatic rings. The standard InChI is InChI=1S/C63H67N9O8S3/c1-37-54(81-36-65-37)43-20-16-39(17-21-43)30-64-58(76)50-29-45(73)34-72(50)59(77)55(63(2,3)4)68-56(74)44-27-41(28-44)33-70-31-40(32-70)15-14-38-18-22-46(23-19-38)80-26-8-13-52-53(60(78)79)67-62(83-52)71-25-24-42-9-7-10-47(48(42)35-71)57(75)69-61-66-49-11-5-6-12-51(49)82-61/h5-7,9-12,16-23,36,40-41,44-45,50,55,73H,8,13,24-35H2,1-4H3,(H,64,76)(H,68,74)(H,78,79)(H,66,69,75)/t41?,44?,45-,50+,55-/m1/s1. The number of rotatable bonds is 18. The van der Waals surface area contributed by atoms with Gasteiger partial charge in [0.25, 0.3) is 5.91 Å². The smallest absolute Gasteiger partial charge is 0.355 e. The Morgan fingerprint density at radius 2 is 1.67 bits per heavy atom. The van der Waals surface area contributed by atoms with Crippen LogP contribution in [0.1, 0.15) is 100 Å². The lowest BCUT2D eigenvalue weighted by Crippen LogP contribution is -2.59. The Bertz CT molecular complexity index is 3570. The van der Waals surface area contributed by atoms with E-state index in [0.717, 1.165) is 81.1 Å². The molecule has 17 nitrogen and oxygen atoms in total. The molecule has 0 bridgehead atoms. The van der Waals surface area contributed by atoms with Gasteiger partial charge in [-0.1, -0.05) is 92.5 Å². The minimum absolute atomic E-state index is 0.0215. The number of fused-ring (bicyclic) bond motifs is 2. The number of likely N-dealkylation sites (tertiary alicyclic amines) is 2. The van der Waals surface area contributed by atoms with Gasteiger partial charge in [0.2, 0.25) is 17.7 Å². The van der Waals surface area contributed by atoms with Gasteiger partial charge >= 0.3 is 5.97 Å². The SMILES string of the molecule is Cc1ncsc1-c1ccc(CNC(=O)[C@@H]2C[C@@H](O)CN2C(=O)[C@@H](NC(=O)C2CC(CN3CC(C#Cc4ccc(OCCCc5sc(N6CCc7cccc(C(=O)Nc8nc9ccccc9s8)c7C6)nc5C(=O)O)cc4)C3)C2)C(C)(C)C)cc1. The minimum atomic E-state index is -1.07. The third-order valence-electron chi connectivity index (χ3n) is 16.1. The van der Waals surface area contributed by atoms with Gasteiger partial charge in [-0.15, -0.1) is 22.7 Å². The van der Waals surface area contributed by atoms with Gasteiger partial charge in [-0.2, -0.15) is 0 Å². The zero-order valence-electron chi connectivity index (χ0n) is 46.9. The number of aryl methyl sites for hydroxylation is 2. The molecule has 1 aliphatic carbocycles. The number of aromatic carboxylic acids is 1. The van der Waals surface area contributed by atoms with E-state index in [-0.39, 0.29) is 60.7 Å². The maximum Gasteiger partial charge on any atom is 0.355 e. The first-order valence-corrected chi connectivity index (χ1v) is 30.8. The highest BCUT2D eigenvalue weighted by molar-refractivity contribution is 7.22. The number of nitrogens with zero attached hydrogens (tertiary/aromatic N) is 6. The summed E-state index contributed by atoms with van der Waals surface area (Å²) in [5.41, 5.74) is 8.43. The summed E-state index contributed by atoms with van der Waals surface area (Å²) >= 11 is 4.39. The average molecular weight is 1170 g/mol. The molecule has 11 rings (SSSR count). The number of nitrogens with one attached hydrogen (secondary N) is 3. The van der Waals surface area contributed by atoms with E-state index in [1.807, 2.05) is 124 Å². The van der Waals surface area contributed by atoms with Crippen LogP contribution in [0.5, 0.6) is 5.75 Å². The van der Waals surface area contributed by atoms with Crippen molar-refractivity contribution < 1.29 is 38.9 Å². The first-order valence-electron chi connectivity index (χ1n) is 28.3. The van der Waals surface area contributed by atoms with E-state index in [2.05, 4.69) is 52.5 Å². The monoisotopic (exact) mass is 1170 g/mol. The molecule has 0 spiro atoms. The highest BCUT2D eigenvalue weighted by Crippen LogP contribution is 2.38. The molecular weight excluding hydrogens is 1110 g/mol. The lowest BCUT2D eigenvalue weighted by Gasteiger charge is -2.44. The Kier molecular flexibility index (Phi) is 17.1. The molecule has 0 unspecified atom stereocenters. The quantitative estimate of drug-likeness (QED) is 0.0401. The van der Waals surface area contributed by atoms with Crippen molar-refractivity contribution in [1.82, 2.24) is 35.4 Å². The van der Waals surface area contributed by atoms with E-state index in [0.29, 0.717) is 71.3 Å². The van der Waals surface area contributed by atoms with Crippen LogP contribution in [-0.2, 0) is 40.3 Å². The maximum atomic E-state index is 14.2. The number of carboxylic acid groups (broad SMARTS) is 1. The summed E-state index contributed by atoms with van der Waals surface area (Å²) in [6, 6.07) is 27.4. The van der Waals surface area contributed by atoms with E-state index in [9.17, 15) is 34.2 Å². The number of ether oxygens (including phenoxy) is 1. The number of anilines is 2. The second kappa shape index (κ2) is 24.7. The van der Waals surface area contributed by atoms with Gasteiger partial charge in [0.05, 0.1) is 39.0 Å². The number of aromatic nitrogens is 3. The van der Waals surface area contributed by atoms with E-state index in [1.54, 1.807) is 11.3 Å². The highest BCUT2D eigenvalue weighted by Gasteiger charge is 2.46. The summed E-state index contributed by atoms with van der Waals surface area (Å²) < 4.78 is 7.06. The zero-order chi connectivity index (χ0) is 57.9. The molecule has 4 aliphatic rings. The topological polar surface area (TPSA) is 220 Å². The number of thiazole rings is 3. The van der Waals surface area contributed by atoms with Crippen LogP contribution in [0.25, 0.3) is 20.7 Å². The number of amides is 4. The van der Waals surface area contributed by atoms with Gasteiger partial charge in [0, 0.05) is 80.1 Å². The Labute approximate surface area is 494 Å². The number of carbonyl (C=O) groups is 5. The summed E-state index contributed by atoms with van der Waals surface area (Å²) in [5.74, 6) is 5.68. The van der Waals surface area contributed by atoms with Crippen molar-refractivity contribution in [2.75, 3.05) is 49.5 Å².